The van der Waals surface area contributed by atoms with E-state index < -0.39 is 61.7 Å². The van der Waals surface area contributed by atoms with Gasteiger partial charge in [0.05, 0.1) is 11.5 Å². The summed E-state index contributed by atoms with van der Waals surface area (Å²) in [7, 11) is -2.05. The van der Waals surface area contributed by atoms with E-state index >= 15 is 0 Å². The largest absolute Gasteiger partial charge is 0.435 e. The first-order valence-corrected chi connectivity index (χ1v) is 8.69. The molecule has 140 valence electrons. The van der Waals surface area contributed by atoms with Crippen molar-refractivity contribution in [3.05, 3.63) is 27.8 Å². The summed E-state index contributed by atoms with van der Waals surface area (Å²) in [5.41, 5.74) is -3.46. The van der Waals surface area contributed by atoms with E-state index in [1.807, 2.05) is 0 Å². The third-order valence-corrected chi connectivity index (χ3v) is 5.12. The molecule has 7 nitrogen and oxygen atoms in total. The van der Waals surface area contributed by atoms with Gasteiger partial charge in [-0.05, 0) is 0 Å². The van der Waals surface area contributed by atoms with Gasteiger partial charge >= 0.3 is 6.18 Å². The van der Waals surface area contributed by atoms with Crippen molar-refractivity contribution in [2.24, 2.45) is 14.1 Å². The van der Waals surface area contributed by atoms with E-state index in [1.54, 1.807) is 0 Å². The van der Waals surface area contributed by atoms with Crippen LogP contribution in [0.3, 0.4) is 0 Å². The molecular formula is C11H11ClF5N5O2S. The molecule has 2 aromatic heterocycles. The Kier molecular flexibility index (Phi) is 5.10. The molecule has 25 heavy (non-hydrogen) atoms. The van der Waals surface area contributed by atoms with Crippen molar-refractivity contribution in [2.45, 2.75) is 24.1 Å². The van der Waals surface area contributed by atoms with Gasteiger partial charge in [0.1, 0.15) is 16.5 Å². The maximum Gasteiger partial charge on any atom is 0.435 e. The lowest BCUT2D eigenvalue weighted by Crippen LogP contribution is -2.15. The molecule has 0 aliphatic heterocycles. The zero-order valence-electron chi connectivity index (χ0n) is 12.7. The van der Waals surface area contributed by atoms with Crippen molar-refractivity contribution in [1.82, 2.24) is 24.8 Å². The Morgan fingerprint density at radius 1 is 1.16 bits per heavy atom. The molecule has 2 rings (SSSR count). The van der Waals surface area contributed by atoms with E-state index in [2.05, 4.69) is 15.4 Å². The van der Waals surface area contributed by atoms with Gasteiger partial charge in [-0.25, -0.2) is 21.9 Å². The molecule has 0 N–H and O–H groups in total. The van der Waals surface area contributed by atoms with Crippen molar-refractivity contribution >= 4 is 21.4 Å². The second kappa shape index (κ2) is 6.52. The predicted octanol–water partition coefficient (Wildman–Crippen LogP) is 2.27. The van der Waals surface area contributed by atoms with Crippen LogP contribution in [0.4, 0.5) is 22.0 Å². The van der Waals surface area contributed by atoms with Gasteiger partial charge in [0.15, 0.2) is 15.5 Å². The first-order chi connectivity index (χ1) is 11.3. The van der Waals surface area contributed by atoms with Gasteiger partial charge in [0, 0.05) is 19.7 Å². The van der Waals surface area contributed by atoms with Crippen LogP contribution in [-0.2, 0) is 41.6 Å². The molecule has 0 bridgehead atoms. The van der Waals surface area contributed by atoms with Crippen molar-refractivity contribution < 1.29 is 30.4 Å². The van der Waals surface area contributed by atoms with Crippen LogP contribution in [0.2, 0.25) is 5.15 Å². The lowest BCUT2D eigenvalue weighted by Gasteiger charge is -2.08. The maximum absolute atomic E-state index is 13.0. The summed E-state index contributed by atoms with van der Waals surface area (Å²) in [5, 5.41) is 9.30. The number of aryl methyl sites for hydroxylation is 2. The molecule has 0 saturated heterocycles. The Bertz CT molecular complexity index is 890. The Labute approximate surface area is 143 Å². The first-order valence-electron chi connectivity index (χ1n) is 6.49. The molecule has 0 unspecified atom stereocenters. The van der Waals surface area contributed by atoms with Gasteiger partial charge in [-0.15, -0.1) is 5.10 Å². The summed E-state index contributed by atoms with van der Waals surface area (Å²) in [4.78, 5) is 0. The highest BCUT2D eigenvalue weighted by Crippen LogP contribution is 2.35. The summed E-state index contributed by atoms with van der Waals surface area (Å²) in [6.45, 7) is 0. The maximum atomic E-state index is 13.0. The molecule has 0 saturated carbocycles. The molecule has 0 fully saturated rings. The highest BCUT2D eigenvalue weighted by molar-refractivity contribution is 7.89. The monoisotopic (exact) mass is 407 g/mol. The van der Waals surface area contributed by atoms with E-state index in [-0.39, 0.29) is 0 Å². The summed E-state index contributed by atoms with van der Waals surface area (Å²) in [5.74, 6) is -2.14. The number of halogens is 6. The fourth-order valence-electron chi connectivity index (χ4n) is 2.16. The summed E-state index contributed by atoms with van der Waals surface area (Å²) >= 11 is 5.70. The van der Waals surface area contributed by atoms with Crippen molar-refractivity contribution in [3.8, 4) is 0 Å². The second-order valence-electron chi connectivity index (χ2n) is 5.12. The summed E-state index contributed by atoms with van der Waals surface area (Å²) in [6, 6.07) is 0. The van der Waals surface area contributed by atoms with Crippen LogP contribution in [0.5, 0.6) is 0 Å². The average Bonchev–Trinajstić information content (AvgIpc) is 2.92. The second-order valence-corrected chi connectivity index (χ2v) is 7.54. The third-order valence-electron chi connectivity index (χ3n) is 3.21. The van der Waals surface area contributed by atoms with Gasteiger partial charge in [0.25, 0.3) is 6.43 Å². The van der Waals surface area contributed by atoms with Crippen LogP contribution >= 0.6 is 11.6 Å². The Balaban J connectivity index is 2.38. The first kappa shape index (κ1) is 19.6. The SMILES string of the molecule is Cn1nc(C(F)(F)F)c(CS(=O)(=O)Cc2nnn(C)c2C(F)F)c1Cl. The number of sulfone groups is 1. The van der Waals surface area contributed by atoms with Crippen LogP contribution in [0.25, 0.3) is 0 Å². The third kappa shape index (κ3) is 4.08. The summed E-state index contributed by atoms with van der Waals surface area (Å²) < 4.78 is 90.6. The average molecular weight is 408 g/mol. The molecule has 2 heterocycles. The number of rotatable bonds is 5. The van der Waals surface area contributed by atoms with Crippen LogP contribution in [0.15, 0.2) is 0 Å². The number of alkyl halides is 5. The van der Waals surface area contributed by atoms with Gasteiger partial charge < -0.3 is 0 Å². The molecule has 0 spiro atoms. The topological polar surface area (TPSA) is 82.7 Å². The minimum absolute atomic E-state index is 0.510. The lowest BCUT2D eigenvalue weighted by molar-refractivity contribution is -0.141. The van der Waals surface area contributed by atoms with Crippen molar-refractivity contribution in [3.63, 3.8) is 0 Å². The molecule has 14 heteroatoms. The number of nitrogens with zero attached hydrogens (tertiary/aromatic N) is 5. The number of hydrogen-bond donors (Lipinski definition) is 0. The zero-order chi connectivity index (χ0) is 19.2. The Morgan fingerprint density at radius 3 is 2.28 bits per heavy atom. The molecule has 2 aromatic rings. The number of aromatic nitrogens is 5. The quantitative estimate of drug-likeness (QED) is 0.710. The van der Waals surface area contributed by atoms with Crippen LogP contribution < -0.4 is 0 Å². The minimum atomic E-state index is -4.92. The van der Waals surface area contributed by atoms with E-state index in [0.717, 1.165) is 14.1 Å². The van der Waals surface area contributed by atoms with E-state index in [4.69, 9.17) is 11.6 Å². The Morgan fingerprint density at radius 2 is 1.76 bits per heavy atom. The normalized spacial score (nSPS) is 13.0. The molecule has 0 aliphatic rings. The molecular weight excluding hydrogens is 397 g/mol. The number of hydrogen-bond acceptors (Lipinski definition) is 5. The molecule has 0 aliphatic carbocycles. The van der Waals surface area contributed by atoms with Crippen molar-refractivity contribution in [2.75, 3.05) is 0 Å². The van der Waals surface area contributed by atoms with Gasteiger partial charge in [0.2, 0.25) is 0 Å². The van der Waals surface area contributed by atoms with E-state index in [0.29, 0.717) is 9.36 Å². The predicted molar refractivity (Wildman–Crippen MR) is 75.5 cm³/mol. The van der Waals surface area contributed by atoms with Gasteiger partial charge in [-0.2, -0.15) is 18.3 Å². The van der Waals surface area contributed by atoms with Crippen LogP contribution in [0, 0.1) is 0 Å². The standard InChI is InChI=1S/C11H11ClF5N5O2S/c1-21-7(10(13)14)6(18-20-21)4-25(23,24)3-5-8(11(15,16)17)19-22(2)9(5)12/h10H,3-4H2,1-2H3. The zero-order valence-corrected chi connectivity index (χ0v) is 14.3. The molecule has 0 radical (unpaired) electrons. The van der Waals surface area contributed by atoms with Gasteiger partial charge in [-0.1, -0.05) is 16.8 Å². The molecule has 0 atom stereocenters. The highest BCUT2D eigenvalue weighted by atomic mass is 35.5. The van der Waals surface area contributed by atoms with E-state index in [1.165, 1.54) is 0 Å². The lowest BCUT2D eigenvalue weighted by atomic mass is 10.3. The summed E-state index contributed by atoms with van der Waals surface area (Å²) in [6.07, 6.45) is -7.96. The van der Waals surface area contributed by atoms with E-state index in [9.17, 15) is 30.4 Å². The highest BCUT2D eigenvalue weighted by Gasteiger charge is 2.40. The smallest absolute Gasteiger partial charge is 0.256 e. The van der Waals surface area contributed by atoms with Crippen LogP contribution in [0.1, 0.15) is 29.1 Å². The Hall–Kier alpha value is -1.76. The molecule has 0 amide bonds. The van der Waals surface area contributed by atoms with Gasteiger partial charge in [-0.3, -0.25) is 4.68 Å². The fourth-order valence-corrected chi connectivity index (χ4v) is 3.87. The molecule has 0 aromatic carbocycles. The van der Waals surface area contributed by atoms with Crippen molar-refractivity contribution in [1.29, 1.82) is 0 Å². The minimum Gasteiger partial charge on any atom is -0.256 e. The fraction of sp³-hybridized carbons (Fsp3) is 0.545. The van der Waals surface area contributed by atoms with Crippen LogP contribution in [-0.4, -0.2) is 33.2 Å².